The molecule has 0 radical (unpaired) electrons. The first-order chi connectivity index (χ1) is 23.3. The van der Waals surface area contributed by atoms with Gasteiger partial charge in [0.15, 0.2) is 5.65 Å². The zero-order valence-electron chi connectivity index (χ0n) is 29.2. The molecule has 0 bridgehead atoms. The number of hydrogen-bond acceptors (Lipinski definition) is 6. The van der Waals surface area contributed by atoms with E-state index in [0.717, 1.165) is 72.2 Å². The van der Waals surface area contributed by atoms with Gasteiger partial charge in [0.2, 0.25) is 5.95 Å². The SMILES string of the molecule is CC(C)(C)[S@@+]([O-])N[C@@H]1c2ccccc2CC12CCN(c1nc3c(c(-c4cccc(Cl)c4Cl)cn3COCC[Si](C)(C)C)c3nccn13)CC2. The number of aromatic nitrogens is 4. The van der Waals surface area contributed by atoms with Gasteiger partial charge in [0.1, 0.15) is 17.1 Å². The Balaban J connectivity index is 1.25. The summed E-state index contributed by atoms with van der Waals surface area (Å²) in [5.74, 6) is 0.860. The van der Waals surface area contributed by atoms with E-state index in [-0.39, 0.29) is 16.2 Å². The summed E-state index contributed by atoms with van der Waals surface area (Å²) >= 11 is 12.1. The van der Waals surface area contributed by atoms with E-state index in [2.05, 4.69) is 68.7 Å². The average Bonchev–Trinajstić information content (AvgIpc) is 3.75. The molecule has 1 saturated heterocycles. The number of hydrogen-bond donors (Lipinski definition) is 1. The molecule has 2 aliphatic rings. The lowest BCUT2D eigenvalue weighted by atomic mass is 9.73. The van der Waals surface area contributed by atoms with Gasteiger partial charge < -0.3 is 18.8 Å². The van der Waals surface area contributed by atoms with Crippen LogP contribution in [0.5, 0.6) is 0 Å². The molecule has 12 heteroatoms. The minimum atomic E-state index is -1.25. The maximum Gasteiger partial charge on any atom is 0.213 e. The number of anilines is 1. The molecular formula is C37H46Cl2N6O2SSi. The summed E-state index contributed by atoms with van der Waals surface area (Å²) in [7, 11) is -1.25. The molecule has 1 fully saturated rings. The van der Waals surface area contributed by atoms with Crippen LogP contribution in [0.15, 0.2) is 61.1 Å². The molecule has 3 aromatic heterocycles. The number of rotatable bonds is 9. The first-order valence-electron chi connectivity index (χ1n) is 17.1. The lowest BCUT2D eigenvalue weighted by Gasteiger charge is -2.44. The smallest absolute Gasteiger partial charge is 0.213 e. The molecule has 1 N–H and O–H groups in total. The highest BCUT2D eigenvalue weighted by Gasteiger charge is 2.50. The van der Waals surface area contributed by atoms with Crippen LogP contribution < -0.4 is 9.62 Å². The van der Waals surface area contributed by atoms with Gasteiger partial charge in [-0.05, 0) is 63.3 Å². The highest BCUT2D eigenvalue weighted by molar-refractivity contribution is 7.90. The van der Waals surface area contributed by atoms with Crippen molar-refractivity contribution in [2.75, 3.05) is 24.6 Å². The standard InChI is InChI=1S/C37H46Cl2N6O2SSi/c1-36(2,3)48(46)42-32-26-11-8-7-10-25(26)22-37(32)14-17-43(18-15-37)35-41-34-30(33-40-16-19-45(33)35)28(27-12-9-13-29(38)31(27)39)23-44(34)24-47-20-21-49(4,5)6/h7-13,16,19,23,32,42H,14-15,17-18,20-22,24H2,1-6H3/t32-,48-/m1/s1. The third-order valence-electron chi connectivity index (χ3n) is 10.1. The molecule has 0 saturated carbocycles. The predicted molar refractivity (Wildman–Crippen MR) is 206 cm³/mol. The second kappa shape index (κ2) is 13.2. The van der Waals surface area contributed by atoms with E-state index in [1.165, 1.54) is 11.1 Å². The van der Waals surface area contributed by atoms with Crippen LogP contribution in [0.3, 0.4) is 0 Å². The average molecular weight is 738 g/mol. The summed E-state index contributed by atoms with van der Waals surface area (Å²) in [6.45, 7) is 15.9. The molecule has 2 atom stereocenters. The third-order valence-corrected chi connectivity index (χ3v) is 14.2. The van der Waals surface area contributed by atoms with E-state index in [1.54, 1.807) is 6.07 Å². The van der Waals surface area contributed by atoms with Gasteiger partial charge in [-0.2, -0.15) is 4.98 Å². The van der Waals surface area contributed by atoms with E-state index in [1.807, 2.05) is 45.3 Å². The molecule has 7 rings (SSSR count). The van der Waals surface area contributed by atoms with Crippen LogP contribution in [0.25, 0.3) is 27.8 Å². The minimum Gasteiger partial charge on any atom is -0.598 e. The molecule has 4 heterocycles. The van der Waals surface area contributed by atoms with Crippen molar-refractivity contribution >= 4 is 65.3 Å². The second-order valence-corrected chi connectivity index (χ2v) is 24.3. The molecule has 1 aliphatic carbocycles. The molecular weight excluding hydrogens is 692 g/mol. The summed E-state index contributed by atoms with van der Waals surface area (Å²) in [5.41, 5.74) is 6.00. The van der Waals surface area contributed by atoms with Gasteiger partial charge in [0.25, 0.3) is 0 Å². The fourth-order valence-corrected chi connectivity index (χ4v) is 9.44. The number of halogens is 2. The summed E-state index contributed by atoms with van der Waals surface area (Å²) in [6.07, 6.45) is 8.78. The van der Waals surface area contributed by atoms with Crippen molar-refractivity contribution in [1.29, 1.82) is 0 Å². The van der Waals surface area contributed by atoms with Crippen LogP contribution in [-0.2, 0) is 29.3 Å². The molecule has 8 nitrogen and oxygen atoms in total. The lowest BCUT2D eigenvalue weighted by molar-refractivity contribution is 0.0899. The topological polar surface area (TPSA) is 82.7 Å². The van der Waals surface area contributed by atoms with Gasteiger partial charge in [-0.25, -0.2) is 4.98 Å². The number of benzene rings is 2. The van der Waals surface area contributed by atoms with Crippen LogP contribution in [-0.4, -0.2) is 56.0 Å². The van der Waals surface area contributed by atoms with Crippen molar-refractivity contribution < 1.29 is 9.29 Å². The number of ether oxygens (including phenoxy) is 1. The Hall–Kier alpha value is -2.57. The van der Waals surface area contributed by atoms with Crippen LogP contribution in [0, 0.1) is 5.41 Å². The number of piperidine rings is 1. The predicted octanol–water partition coefficient (Wildman–Crippen LogP) is 8.91. The highest BCUT2D eigenvalue weighted by Crippen LogP contribution is 2.53. The van der Waals surface area contributed by atoms with E-state index < -0.39 is 19.4 Å². The Morgan fingerprint density at radius 2 is 1.80 bits per heavy atom. The molecule has 1 spiro atoms. The highest BCUT2D eigenvalue weighted by atomic mass is 35.5. The van der Waals surface area contributed by atoms with Crippen LogP contribution in [0.2, 0.25) is 35.7 Å². The normalized spacial score (nSPS) is 18.6. The molecule has 2 aromatic carbocycles. The van der Waals surface area contributed by atoms with Crippen molar-refractivity contribution in [2.24, 2.45) is 5.41 Å². The fourth-order valence-electron chi connectivity index (χ4n) is 7.34. The molecule has 0 amide bonds. The van der Waals surface area contributed by atoms with Crippen molar-refractivity contribution in [2.45, 2.75) is 83.2 Å². The Bertz CT molecular complexity index is 1990. The molecule has 0 unspecified atom stereocenters. The van der Waals surface area contributed by atoms with Gasteiger partial charge >= 0.3 is 0 Å². The molecule has 260 valence electrons. The molecule has 1 aliphatic heterocycles. The van der Waals surface area contributed by atoms with E-state index in [9.17, 15) is 4.55 Å². The molecule has 5 aromatic rings. The zero-order valence-corrected chi connectivity index (χ0v) is 32.6. The lowest BCUT2D eigenvalue weighted by Crippen LogP contribution is -2.50. The quantitative estimate of drug-likeness (QED) is 0.0925. The van der Waals surface area contributed by atoms with Crippen molar-refractivity contribution in [3.63, 3.8) is 0 Å². The minimum absolute atomic E-state index is 0.0276. The Kier molecular flexibility index (Phi) is 9.39. The van der Waals surface area contributed by atoms with Crippen LogP contribution in [0.4, 0.5) is 5.95 Å². The summed E-state index contributed by atoms with van der Waals surface area (Å²) in [5, 5.41) is 1.93. The summed E-state index contributed by atoms with van der Waals surface area (Å²) in [6, 6.07) is 15.5. The fraction of sp³-hybridized carbons (Fsp3) is 0.459. The van der Waals surface area contributed by atoms with E-state index >= 15 is 0 Å². The van der Waals surface area contributed by atoms with Gasteiger partial charge in [-0.15, -0.1) is 4.72 Å². The second-order valence-electron chi connectivity index (χ2n) is 15.9. The number of fused-ring (bicyclic) bond motifs is 4. The number of nitrogens with one attached hydrogen (secondary N) is 1. The van der Waals surface area contributed by atoms with Gasteiger partial charge in [0.05, 0.1) is 21.5 Å². The summed E-state index contributed by atoms with van der Waals surface area (Å²) < 4.78 is 27.2. The maximum atomic E-state index is 13.4. The van der Waals surface area contributed by atoms with Crippen molar-refractivity contribution in [1.82, 2.24) is 23.7 Å². The Morgan fingerprint density at radius 1 is 1.04 bits per heavy atom. The van der Waals surface area contributed by atoms with Crippen LogP contribution >= 0.6 is 23.2 Å². The zero-order chi connectivity index (χ0) is 34.7. The first-order valence-corrected chi connectivity index (χ1v) is 22.8. The van der Waals surface area contributed by atoms with Gasteiger partial charge in [-0.3, -0.25) is 4.40 Å². The maximum absolute atomic E-state index is 13.4. The number of imidazole rings is 1. The van der Waals surface area contributed by atoms with Crippen molar-refractivity contribution in [3.8, 4) is 11.1 Å². The summed E-state index contributed by atoms with van der Waals surface area (Å²) in [4.78, 5) is 12.6. The number of nitrogens with zero attached hydrogens (tertiary/aromatic N) is 5. The van der Waals surface area contributed by atoms with E-state index in [4.69, 9.17) is 37.9 Å². The van der Waals surface area contributed by atoms with Crippen LogP contribution in [0.1, 0.15) is 50.8 Å². The van der Waals surface area contributed by atoms with Crippen molar-refractivity contribution in [3.05, 3.63) is 82.2 Å². The van der Waals surface area contributed by atoms with Gasteiger partial charge in [0, 0.05) is 74.3 Å². The first kappa shape index (κ1) is 34.9. The monoisotopic (exact) mass is 736 g/mol. The molecule has 49 heavy (non-hydrogen) atoms. The van der Waals surface area contributed by atoms with Gasteiger partial charge in [-0.1, -0.05) is 79.2 Å². The third kappa shape index (κ3) is 6.66. The Labute approximate surface area is 303 Å². The largest absolute Gasteiger partial charge is 0.598 e. The Morgan fingerprint density at radius 3 is 2.53 bits per heavy atom. The van der Waals surface area contributed by atoms with E-state index in [0.29, 0.717) is 23.4 Å².